The van der Waals surface area contributed by atoms with Gasteiger partial charge in [0.1, 0.15) is 22.2 Å². The lowest BCUT2D eigenvalue weighted by Gasteiger charge is -2.02. The number of carbonyl (C=O) groups excluding carboxylic acids is 2. The van der Waals surface area contributed by atoms with Gasteiger partial charge in [-0.2, -0.15) is 5.26 Å². The molecule has 0 radical (unpaired) electrons. The minimum Gasteiger partial charge on any atom is -0.462 e. The molecule has 0 spiro atoms. The summed E-state index contributed by atoms with van der Waals surface area (Å²) in [5.74, 6) is -0.945. The van der Waals surface area contributed by atoms with E-state index in [9.17, 15) is 9.59 Å². The first-order chi connectivity index (χ1) is 11.0. The zero-order valence-corrected chi connectivity index (χ0v) is 13.5. The normalized spacial score (nSPS) is 9.96. The van der Waals surface area contributed by atoms with Crippen LogP contribution in [-0.4, -0.2) is 23.5 Å². The first-order valence-corrected chi connectivity index (χ1v) is 7.67. The molecule has 0 aliphatic heterocycles. The molecule has 0 atom stereocenters. The molecular formula is C16H14N2O4S. The molecule has 7 heteroatoms. The first-order valence-electron chi connectivity index (χ1n) is 6.85. The van der Waals surface area contributed by atoms with Crippen LogP contribution in [0.4, 0.5) is 0 Å². The number of nitriles is 1. The van der Waals surface area contributed by atoms with Gasteiger partial charge in [-0.05, 0) is 19.1 Å². The third-order valence-electron chi connectivity index (χ3n) is 2.83. The van der Waals surface area contributed by atoms with Crippen molar-refractivity contribution < 1.29 is 19.1 Å². The van der Waals surface area contributed by atoms with Gasteiger partial charge in [0.15, 0.2) is 0 Å². The molecule has 0 amide bonds. The standard InChI is InChI=1S/C16H14N2O4S/c1-3-21-16(20)14-13(9-22-10(2)19)18-15(23-14)12-6-4-11(8-17)5-7-12/h4-7H,3,9H2,1-2H3. The van der Waals surface area contributed by atoms with E-state index in [4.69, 9.17) is 14.7 Å². The molecule has 0 saturated carbocycles. The number of hydrogen-bond acceptors (Lipinski definition) is 7. The van der Waals surface area contributed by atoms with Crippen molar-refractivity contribution in [1.82, 2.24) is 4.98 Å². The first kappa shape index (κ1) is 16.6. The number of thiazole rings is 1. The monoisotopic (exact) mass is 330 g/mol. The predicted molar refractivity (Wildman–Crippen MR) is 83.7 cm³/mol. The Morgan fingerprint density at radius 1 is 1.26 bits per heavy atom. The Morgan fingerprint density at radius 3 is 2.52 bits per heavy atom. The van der Waals surface area contributed by atoms with Gasteiger partial charge in [0, 0.05) is 12.5 Å². The van der Waals surface area contributed by atoms with Crippen molar-refractivity contribution in [2.24, 2.45) is 0 Å². The van der Waals surface area contributed by atoms with E-state index in [1.165, 1.54) is 18.3 Å². The summed E-state index contributed by atoms with van der Waals surface area (Å²) in [7, 11) is 0. The molecule has 1 heterocycles. The highest BCUT2D eigenvalue weighted by molar-refractivity contribution is 7.17. The average molecular weight is 330 g/mol. The van der Waals surface area contributed by atoms with Crippen LogP contribution in [0, 0.1) is 11.3 Å². The number of nitrogens with zero attached hydrogens (tertiary/aromatic N) is 2. The van der Waals surface area contributed by atoms with E-state index < -0.39 is 11.9 Å². The average Bonchev–Trinajstić information content (AvgIpc) is 2.97. The van der Waals surface area contributed by atoms with Gasteiger partial charge in [0.2, 0.25) is 0 Å². The quantitative estimate of drug-likeness (QED) is 0.783. The van der Waals surface area contributed by atoms with E-state index in [-0.39, 0.29) is 13.2 Å². The second kappa shape index (κ2) is 7.51. The van der Waals surface area contributed by atoms with Crippen molar-refractivity contribution in [3.8, 4) is 16.6 Å². The second-order valence-electron chi connectivity index (χ2n) is 4.48. The summed E-state index contributed by atoms with van der Waals surface area (Å²) in [6.45, 7) is 3.16. The lowest BCUT2D eigenvalue weighted by molar-refractivity contribution is -0.142. The van der Waals surface area contributed by atoms with Crippen molar-refractivity contribution in [3.05, 3.63) is 40.4 Å². The fraction of sp³-hybridized carbons (Fsp3) is 0.250. The lowest BCUT2D eigenvalue weighted by atomic mass is 10.1. The van der Waals surface area contributed by atoms with E-state index >= 15 is 0 Å². The van der Waals surface area contributed by atoms with Crippen molar-refractivity contribution in [3.63, 3.8) is 0 Å². The van der Waals surface area contributed by atoms with Gasteiger partial charge in [-0.25, -0.2) is 9.78 Å². The molecule has 6 nitrogen and oxygen atoms in total. The number of carbonyl (C=O) groups is 2. The van der Waals surface area contributed by atoms with Gasteiger partial charge in [-0.3, -0.25) is 4.79 Å². The lowest BCUT2D eigenvalue weighted by Crippen LogP contribution is -2.08. The Morgan fingerprint density at radius 2 is 1.96 bits per heavy atom. The molecule has 0 saturated heterocycles. The summed E-state index contributed by atoms with van der Waals surface area (Å²) in [5.41, 5.74) is 1.67. The number of rotatable bonds is 5. The Balaban J connectivity index is 2.36. The van der Waals surface area contributed by atoms with E-state index in [0.29, 0.717) is 21.1 Å². The molecule has 2 rings (SSSR count). The van der Waals surface area contributed by atoms with Crippen molar-refractivity contribution >= 4 is 23.3 Å². The fourth-order valence-corrected chi connectivity index (χ4v) is 2.75. The Labute approximate surface area is 137 Å². The summed E-state index contributed by atoms with van der Waals surface area (Å²) in [4.78, 5) is 27.7. The molecule has 0 fully saturated rings. The molecule has 0 aliphatic carbocycles. The molecule has 118 valence electrons. The highest BCUT2D eigenvalue weighted by atomic mass is 32.1. The van der Waals surface area contributed by atoms with Crippen LogP contribution in [0.3, 0.4) is 0 Å². The van der Waals surface area contributed by atoms with Crippen LogP contribution < -0.4 is 0 Å². The maximum atomic E-state index is 12.0. The highest BCUT2D eigenvalue weighted by Crippen LogP contribution is 2.29. The molecule has 0 unspecified atom stereocenters. The minimum absolute atomic E-state index is 0.0870. The number of aromatic nitrogens is 1. The Hall–Kier alpha value is -2.72. The number of benzene rings is 1. The zero-order chi connectivity index (χ0) is 16.8. The van der Waals surface area contributed by atoms with E-state index in [1.807, 2.05) is 6.07 Å². The van der Waals surface area contributed by atoms with E-state index in [0.717, 1.165) is 5.56 Å². The van der Waals surface area contributed by atoms with Gasteiger partial charge >= 0.3 is 11.9 Å². The van der Waals surface area contributed by atoms with E-state index in [1.54, 1.807) is 31.2 Å². The SMILES string of the molecule is CCOC(=O)c1sc(-c2ccc(C#N)cc2)nc1COC(C)=O. The number of hydrogen-bond donors (Lipinski definition) is 0. The Kier molecular flexibility index (Phi) is 5.44. The molecule has 2 aromatic rings. The summed E-state index contributed by atoms with van der Waals surface area (Å²) in [5, 5.41) is 9.43. The van der Waals surface area contributed by atoms with Crippen LogP contribution in [0.15, 0.2) is 24.3 Å². The van der Waals surface area contributed by atoms with Gasteiger partial charge in [0.05, 0.1) is 18.2 Å². The number of esters is 2. The van der Waals surface area contributed by atoms with Crippen molar-refractivity contribution in [2.75, 3.05) is 6.61 Å². The summed E-state index contributed by atoms with van der Waals surface area (Å²) >= 11 is 1.17. The maximum Gasteiger partial charge on any atom is 0.350 e. The van der Waals surface area contributed by atoms with Crippen LogP contribution in [-0.2, 0) is 20.9 Å². The minimum atomic E-state index is -0.493. The Bertz CT molecular complexity index is 759. The molecule has 23 heavy (non-hydrogen) atoms. The molecule has 0 N–H and O–H groups in total. The van der Waals surface area contributed by atoms with Crippen LogP contribution in [0.2, 0.25) is 0 Å². The maximum absolute atomic E-state index is 12.0. The van der Waals surface area contributed by atoms with Crippen LogP contribution >= 0.6 is 11.3 Å². The van der Waals surface area contributed by atoms with Crippen LogP contribution in [0.1, 0.15) is 34.8 Å². The molecule has 1 aromatic carbocycles. The summed E-state index contributed by atoms with van der Waals surface area (Å²) in [6.07, 6.45) is 0. The smallest absolute Gasteiger partial charge is 0.350 e. The fourth-order valence-electron chi connectivity index (χ4n) is 1.79. The largest absolute Gasteiger partial charge is 0.462 e. The number of ether oxygens (including phenoxy) is 2. The topological polar surface area (TPSA) is 89.3 Å². The van der Waals surface area contributed by atoms with Gasteiger partial charge in [0.25, 0.3) is 0 Å². The van der Waals surface area contributed by atoms with Gasteiger partial charge in [-0.15, -0.1) is 11.3 Å². The summed E-state index contributed by atoms with van der Waals surface area (Å²) < 4.78 is 9.95. The zero-order valence-electron chi connectivity index (χ0n) is 12.7. The highest BCUT2D eigenvalue weighted by Gasteiger charge is 2.20. The van der Waals surface area contributed by atoms with Gasteiger partial charge in [-0.1, -0.05) is 12.1 Å². The third kappa shape index (κ3) is 4.14. The van der Waals surface area contributed by atoms with Gasteiger partial charge < -0.3 is 9.47 Å². The summed E-state index contributed by atoms with van der Waals surface area (Å²) in [6, 6.07) is 8.89. The van der Waals surface area contributed by atoms with Crippen molar-refractivity contribution in [1.29, 1.82) is 5.26 Å². The molecule has 1 aromatic heterocycles. The van der Waals surface area contributed by atoms with E-state index in [2.05, 4.69) is 4.98 Å². The third-order valence-corrected chi connectivity index (χ3v) is 3.96. The molecule has 0 bridgehead atoms. The predicted octanol–water partition coefficient (Wildman–Crippen LogP) is 2.92. The van der Waals surface area contributed by atoms with Crippen LogP contribution in [0.25, 0.3) is 10.6 Å². The second-order valence-corrected chi connectivity index (χ2v) is 5.48. The van der Waals surface area contributed by atoms with Crippen LogP contribution in [0.5, 0.6) is 0 Å². The molecule has 0 aliphatic rings. The van der Waals surface area contributed by atoms with Crippen molar-refractivity contribution in [2.45, 2.75) is 20.5 Å². The molecular weight excluding hydrogens is 316 g/mol.